The number of anilines is 2. The summed E-state index contributed by atoms with van der Waals surface area (Å²) in [6.07, 6.45) is 7.34. The lowest BCUT2D eigenvalue weighted by molar-refractivity contribution is 0.134. The van der Waals surface area contributed by atoms with E-state index in [2.05, 4.69) is 34.9 Å². The fourth-order valence-corrected chi connectivity index (χ4v) is 3.87. The molecule has 8 nitrogen and oxygen atoms in total. The van der Waals surface area contributed by atoms with Crippen LogP contribution in [0.25, 0.3) is 0 Å². The van der Waals surface area contributed by atoms with Crippen LogP contribution in [-0.2, 0) is 13.6 Å². The Morgan fingerprint density at radius 3 is 3.00 bits per heavy atom. The molecule has 1 aliphatic heterocycles. The molecule has 0 unspecified atom stereocenters. The zero-order valence-electron chi connectivity index (χ0n) is 15.0. The van der Waals surface area contributed by atoms with E-state index in [0.29, 0.717) is 0 Å². The van der Waals surface area contributed by atoms with Crippen LogP contribution in [0.3, 0.4) is 0 Å². The number of aromatic nitrogens is 6. The summed E-state index contributed by atoms with van der Waals surface area (Å²) in [4.78, 5) is 16.0. The molecule has 0 amide bonds. The minimum Gasteiger partial charge on any atom is -0.337 e. The second kappa shape index (κ2) is 7.46. The monoisotopic (exact) mass is 370 g/mol. The summed E-state index contributed by atoms with van der Waals surface area (Å²) in [5, 5.41) is 11.9. The molecule has 4 rings (SSSR count). The first-order valence-corrected chi connectivity index (χ1v) is 9.65. The summed E-state index contributed by atoms with van der Waals surface area (Å²) >= 11 is 1.46. The van der Waals surface area contributed by atoms with Crippen LogP contribution in [0.1, 0.15) is 42.5 Å². The molecule has 3 aromatic rings. The Bertz CT molecular complexity index is 860. The van der Waals surface area contributed by atoms with Gasteiger partial charge in [0, 0.05) is 25.9 Å². The third-order valence-electron chi connectivity index (χ3n) is 4.69. The highest BCUT2D eigenvalue weighted by Crippen LogP contribution is 2.32. The van der Waals surface area contributed by atoms with Crippen LogP contribution < -0.4 is 5.32 Å². The summed E-state index contributed by atoms with van der Waals surface area (Å²) in [5.41, 5.74) is 3.98. The van der Waals surface area contributed by atoms with E-state index in [4.69, 9.17) is 4.98 Å². The second-order valence-corrected chi connectivity index (χ2v) is 7.41. The normalized spacial score (nSPS) is 18.2. The van der Waals surface area contributed by atoms with Gasteiger partial charge in [-0.15, -0.1) is 10.2 Å². The van der Waals surface area contributed by atoms with Crippen molar-refractivity contribution in [1.82, 2.24) is 34.6 Å². The van der Waals surface area contributed by atoms with Crippen molar-refractivity contribution in [2.75, 3.05) is 11.9 Å². The van der Waals surface area contributed by atoms with Gasteiger partial charge in [-0.1, -0.05) is 17.8 Å². The molecule has 0 aliphatic carbocycles. The molecule has 4 heterocycles. The van der Waals surface area contributed by atoms with Crippen LogP contribution in [0.15, 0.2) is 24.1 Å². The van der Waals surface area contributed by atoms with Crippen LogP contribution in [0.2, 0.25) is 0 Å². The van der Waals surface area contributed by atoms with Gasteiger partial charge in [-0.3, -0.25) is 4.90 Å². The highest BCUT2D eigenvalue weighted by molar-refractivity contribution is 7.13. The third-order valence-corrected chi connectivity index (χ3v) is 5.30. The lowest BCUT2D eigenvalue weighted by Gasteiger charge is -2.35. The number of piperidine rings is 1. The number of likely N-dealkylation sites (tertiary alicyclic amines) is 1. The maximum Gasteiger partial charge on any atom is 0.210 e. The van der Waals surface area contributed by atoms with Gasteiger partial charge in [-0.2, -0.15) is 0 Å². The van der Waals surface area contributed by atoms with Crippen molar-refractivity contribution in [2.45, 2.75) is 38.8 Å². The summed E-state index contributed by atoms with van der Waals surface area (Å²) < 4.78 is 2.08. The van der Waals surface area contributed by atoms with E-state index in [1.165, 1.54) is 29.9 Å². The number of nitrogens with zero attached hydrogens (tertiary/aromatic N) is 7. The fourth-order valence-electron chi connectivity index (χ4n) is 3.42. The van der Waals surface area contributed by atoms with Crippen molar-refractivity contribution < 1.29 is 0 Å². The molecule has 1 N–H and O–H groups in total. The predicted molar refractivity (Wildman–Crippen MR) is 100 cm³/mol. The molecule has 0 bridgehead atoms. The summed E-state index contributed by atoms with van der Waals surface area (Å²) in [6, 6.07) is 2.33. The summed E-state index contributed by atoms with van der Waals surface area (Å²) in [6.45, 7) is 3.88. The molecule has 9 heteroatoms. The molecule has 1 atom stereocenters. The summed E-state index contributed by atoms with van der Waals surface area (Å²) in [7, 11) is 2.04. The Morgan fingerprint density at radius 1 is 1.31 bits per heavy atom. The van der Waals surface area contributed by atoms with E-state index >= 15 is 0 Å². The largest absolute Gasteiger partial charge is 0.337 e. The first kappa shape index (κ1) is 17.0. The van der Waals surface area contributed by atoms with E-state index < -0.39 is 0 Å². The van der Waals surface area contributed by atoms with Crippen LogP contribution >= 0.6 is 11.3 Å². The van der Waals surface area contributed by atoms with Gasteiger partial charge in [0.05, 0.1) is 23.8 Å². The molecular formula is C17H22N8S. The van der Waals surface area contributed by atoms with Crippen LogP contribution in [0, 0.1) is 6.92 Å². The predicted octanol–water partition coefficient (Wildman–Crippen LogP) is 2.84. The molecule has 26 heavy (non-hydrogen) atoms. The van der Waals surface area contributed by atoms with Gasteiger partial charge in [-0.25, -0.2) is 15.0 Å². The van der Waals surface area contributed by atoms with Gasteiger partial charge in [0.1, 0.15) is 17.2 Å². The number of hydrogen-bond acceptors (Lipinski definition) is 8. The van der Waals surface area contributed by atoms with E-state index in [9.17, 15) is 0 Å². The van der Waals surface area contributed by atoms with Crippen molar-refractivity contribution in [3.05, 3.63) is 41.3 Å². The molecule has 1 fully saturated rings. The van der Waals surface area contributed by atoms with Crippen LogP contribution in [-0.4, -0.2) is 41.2 Å². The molecule has 0 aromatic carbocycles. The van der Waals surface area contributed by atoms with Gasteiger partial charge in [0.15, 0.2) is 0 Å². The molecule has 3 aromatic heterocycles. The first-order chi connectivity index (χ1) is 12.7. The Labute approximate surface area is 156 Å². The minimum absolute atomic E-state index is 0.287. The second-order valence-electron chi connectivity index (χ2n) is 6.57. The number of nitrogens with one attached hydrogen (secondary N) is 1. The molecule has 0 saturated carbocycles. The maximum atomic E-state index is 4.74. The average Bonchev–Trinajstić information content (AvgIpc) is 3.27. The molecule has 1 saturated heterocycles. The smallest absolute Gasteiger partial charge is 0.210 e. The van der Waals surface area contributed by atoms with Crippen molar-refractivity contribution in [2.24, 2.45) is 7.05 Å². The third kappa shape index (κ3) is 3.73. The highest BCUT2D eigenvalue weighted by atomic mass is 32.1. The molecule has 136 valence electrons. The van der Waals surface area contributed by atoms with Crippen molar-refractivity contribution in [3.63, 3.8) is 0 Å². The Balaban J connectivity index is 1.59. The van der Waals surface area contributed by atoms with E-state index in [0.717, 1.165) is 42.0 Å². The number of rotatable bonds is 5. The Hall–Kier alpha value is -2.39. The lowest BCUT2D eigenvalue weighted by atomic mass is 9.98. The van der Waals surface area contributed by atoms with Gasteiger partial charge in [0.2, 0.25) is 5.13 Å². The zero-order valence-corrected chi connectivity index (χ0v) is 15.8. The molecular weight excluding hydrogens is 348 g/mol. The maximum absolute atomic E-state index is 4.74. The van der Waals surface area contributed by atoms with Gasteiger partial charge in [0.25, 0.3) is 0 Å². The van der Waals surface area contributed by atoms with Gasteiger partial charge in [-0.05, 0) is 26.3 Å². The molecule has 0 spiro atoms. The van der Waals surface area contributed by atoms with Gasteiger partial charge >= 0.3 is 0 Å². The number of hydrogen-bond donors (Lipinski definition) is 1. The zero-order chi connectivity index (χ0) is 17.9. The molecule has 1 aliphatic rings. The molecule has 0 radical (unpaired) electrons. The number of aryl methyl sites for hydroxylation is 2. The SMILES string of the molecule is Cc1nc(Nc2nncs2)cc([C@H]2CCCCN2Cc2cncn2C)n1. The van der Waals surface area contributed by atoms with Crippen molar-refractivity contribution in [3.8, 4) is 0 Å². The topological polar surface area (TPSA) is 84.7 Å². The van der Waals surface area contributed by atoms with E-state index in [1.54, 1.807) is 5.51 Å². The number of imidazole rings is 1. The average molecular weight is 370 g/mol. The standard InChI is InChI=1S/C17H22N8S/c1-12-20-14(7-16(21-12)22-17-23-19-11-26-17)15-5-3-4-6-25(15)9-13-8-18-10-24(13)2/h7-8,10-11,15H,3-6,9H2,1-2H3,(H,20,21,22,23)/t15-/m1/s1. The fraction of sp³-hybridized carbons (Fsp3) is 0.471. The first-order valence-electron chi connectivity index (χ1n) is 8.77. The quantitative estimate of drug-likeness (QED) is 0.739. The van der Waals surface area contributed by atoms with Crippen LogP contribution in [0.4, 0.5) is 10.9 Å². The van der Waals surface area contributed by atoms with E-state index in [-0.39, 0.29) is 6.04 Å². The minimum atomic E-state index is 0.287. The lowest BCUT2D eigenvalue weighted by Crippen LogP contribution is -2.34. The van der Waals surface area contributed by atoms with Crippen molar-refractivity contribution in [1.29, 1.82) is 0 Å². The van der Waals surface area contributed by atoms with Crippen molar-refractivity contribution >= 4 is 22.3 Å². The summed E-state index contributed by atoms with van der Waals surface area (Å²) in [5.74, 6) is 1.54. The highest BCUT2D eigenvalue weighted by Gasteiger charge is 2.26. The van der Waals surface area contributed by atoms with E-state index in [1.807, 2.05) is 32.6 Å². The Kier molecular flexibility index (Phi) is 4.89. The Morgan fingerprint density at radius 2 is 2.23 bits per heavy atom. The van der Waals surface area contributed by atoms with Gasteiger partial charge < -0.3 is 9.88 Å². The van der Waals surface area contributed by atoms with Crippen LogP contribution in [0.5, 0.6) is 0 Å².